The molecule has 26 heavy (non-hydrogen) atoms. The fourth-order valence-electron chi connectivity index (χ4n) is 3.23. The van der Waals surface area contributed by atoms with E-state index in [1.54, 1.807) is 39.5 Å². The van der Waals surface area contributed by atoms with Gasteiger partial charge < -0.3 is 9.64 Å². The molecule has 2 fully saturated rings. The van der Waals surface area contributed by atoms with E-state index in [1.807, 2.05) is 0 Å². The van der Waals surface area contributed by atoms with Gasteiger partial charge in [-0.3, -0.25) is 9.69 Å². The largest absolute Gasteiger partial charge is 0.444 e. The highest BCUT2D eigenvalue weighted by Gasteiger charge is 2.40. The SMILES string of the molecule is CC(C)S(=O)(=O)N1CCN(C(=O)[C@@H]2CCCN2C(=O)OC(C)(C)C)CC1. The molecule has 0 unspecified atom stereocenters. The quantitative estimate of drug-likeness (QED) is 0.725. The Labute approximate surface area is 156 Å². The first-order chi connectivity index (χ1) is 11.9. The highest BCUT2D eigenvalue weighted by atomic mass is 32.2. The van der Waals surface area contributed by atoms with Gasteiger partial charge >= 0.3 is 6.09 Å². The second-order valence-corrected chi connectivity index (χ2v) is 10.6. The number of carbonyl (C=O) groups is 2. The molecule has 0 aromatic carbocycles. The van der Waals surface area contributed by atoms with E-state index in [4.69, 9.17) is 4.74 Å². The fraction of sp³-hybridized carbons (Fsp3) is 0.882. The van der Waals surface area contributed by atoms with Crippen molar-refractivity contribution >= 4 is 22.0 Å². The molecule has 2 saturated heterocycles. The number of hydrogen-bond donors (Lipinski definition) is 0. The van der Waals surface area contributed by atoms with Crippen molar-refractivity contribution in [2.75, 3.05) is 32.7 Å². The molecule has 8 nitrogen and oxygen atoms in total. The van der Waals surface area contributed by atoms with Gasteiger partial charge in [0.25, 0.3) is 0 Å². The van der Waals surface area contributed by atoms with Gasteiger partial charge in [0.1, 0.15) is 11.6 Å². The summed E-state index contributed by atoms with van der Waals surface area (Å²) < 4.78 is 31.3. The number of sulfonamides is 1. The molecule has 150 valence electrons. The van der Waals surface area contributed by atoms with Gasteiger partial charge in [-0.15, -0.1) is 0 Å². The standard InChI is InChI=1S/C17H31N3O5S/c1-13(2)26(23,24)19-11-9-18(10-12-19)15(21)14-7-6-8-20(14)16(22)25-17(3,4)5/h13-14H,6-12H2,1-5H3/t14-/m0/s1. The molecule has 0 bridgehead atoms. The highest BCUT2D eigenvalue weighted by molar-refractivity contribution is 7.89. The van der Waals surface area contributed by atoms with E-state index >= 15 is 0 Å². The minimum Gasteiger partial charge on any atom is -0.444 e. The zero-order valence-electron chi connectivity index (χ0n) is 16.4. The Hall–Kier alpha value is -1.35. The number of nitrogens with zero attached hydrogens (tertiary/aromatic N) is 3. The number of ether oxygens (including phenoxy) is 1. The van der Waals surface area contributed by atoms with Crippen LogP contribution in [0.3, 0.4) is 0 Å². The van der Waals surface area contributed by atoms with Crippen molar-refractivity contribution in [2.24, 2.45) is 0 Å². The molecule has 1 atom stereocenters. The molecular formula is C17H31N3O5S. The Kier molecular flexibility index (Phi) is 6.22. The van der Waals surface area contributed by atoms with E-state index in [1.165, 1.54) is 9.21 Å². The molecule has 0 N–H and O–H groups in total. The van der Waals surface area contributed by atoms with Crippen molar-refractivity contribution in [1.29, 1.82) is 0 Å². The summed E-state index contributed by atoms with van der Waals surface area (Å²) in [7, 11) is -3.30. The lowest BCUT2D eigenvalue weighted by Gasteiger charge is -2.37. The average molecular weight is 390 g/mol. The van der Waals surface area contributed by atoms with Crippen LogP contribution in [-0.4, -0.2) is 84.1 Å². The summed E-state index contributed by atoms with van der Waals surface area (Å²) in [6.45, 7) is 10.5. The van der Waals surface area contributed by atoms with E-state index in [2.05, 4.69) is 0 Å². The second kappa shape index (κ2) is 7.72. The molecule has 2 aliphatic heterocycles. The lowest BCUT2D eigenvalue weighted by Crippen LogP contribution is -2.56. The lowest BCUT2D eigenvalue weighted by molar-refractivity contribution is -0.137. The van der Waals surface area contributed by atoms with Crippen LogP contribution in [0.25, 0.3) is 0 Å². The minimum absolute atomic E-state index is 0.116. The van der Waals surface area contributed by atoms with Crippen LogP contribution in [0, 0.1) is 0 Å². The first-order valence-corrected chi connectivity index (χ1v) is 10.7. The van der Waals surface area contributed by atoms with Crippen molar-refractivity contribution < 1.29 is 22.7 Å². The summed E-state index contributed by atoms with van der Waals surface area (Å²) in [6.07, 6.45) is 0.911. The summed E-state index contributed by atoms with van der Waals surface area (Å²) >= 11 is 0. The monoisotopic (exact) mass is 389 g/mol. The van der Waals surface area contributed by atoms with Gasteiger partial charge in [0.15, 0.2) is 0 Å². The third-order valence-corrected chi connectivity index (χ3v) is 6.95. The van der Waals surface area contributed by atoms with E-state index < -0.39 is 33.0 Å². The van der Waals surface area contributed by atoms with Gasteiger partial charge in [-0.2, -0.15) is 4.31 Å². The maximum atomic E-state index is 12.9. The Morgan fingerprint density at radius 3 is 2.12 bits per heavy atom. The molecule has 0 radical (unpaired) electrons. The van der Waals surface area contributed by atoms with Crippen LogP contribution in [0.1, 0.15) is 47.5 Å². The van der Waals surface area contributed by atoms with Crippen LogP contribution in [0.15, 0.2) is 0 Å². The van der Waals surface area contributed by atoms with E-state index in [-0.39, 0.29) is 5.91 Å². The summed E-state index contributed by atoms with van der Waals surface area (Å²) in [5.41, 5.74) is -0.607. The topological polar surface area (TPSA) is 87.2 Å². The zero-order chi connectivity index (χ0) is 19.7. The van der Waals surface area contributed by atoms with Crippen LogP contribution < -0.4 is 0 Å². The first-order valence-electron chi connectivity index (χ1n) is 9.21. The van der Waals surface area contributed by atoms with Crippen molar-refractivity contribution in [3.63, 3.8) is 0 Å². The third kappa shape index (κ3) is 4.68. The van der Waals surface area contributed by atoms with Gasteiger partial charge in [-0.1, -0.05) is 0 Å². The second-order valence-electron chi connectivity index (χ2n) is 8.15. The number of amides is 2. The molecule has 0 aliphatic carbocycles. The number of rotatable bonds is 3. The molecule has 2 heterocycles. The van der Waals surface area contributed by atoms with Gasteiger partial charge in [0, 0.05) is 32.7 Å². The molecule has 2 rings (SSSR count). The van der Waals surface area contributed by atoms with Crippen molar-refractivity contribution in [2.45, 2.75) is 64.4 Å². The molecule has 9 heteroatoms. The molecule has 2 aliphatic rings. The molecule has 0 aromatic rings. The van der Waals surface area contributed by atoms with Crippen molar-refractivity contribution in [3.8, 4) is 0 Å². The summed E-state index contributed by atoms with van der Waals surface area (Å²) in [6, 6.07) is -0.516. The number of likely N-dealkylation sites (tertiary alicyclic amines) is 1. The van der Waals surface area contributed by atoms with Gasteiger partial charge in [0.2, 0.25) is 15.9 Å². The Bertz CT molecular complexity index is 633. The molecule has 2 amide bonds. The summed E-state index contributed by atoms with van der Waals surface area (Å²) in [5.74, 6) is -0.116. The van der Waals surface area contributed by atoms with Crippen LogP contribution in [0.2, 0.25) is 0 Å². The normalized spacial score (nSPS) is 22.8. The summed E-state index contributed by atoms with van der Waals surface area (Å²) in [4.78, 5) is 28.4. The predicted octanol–water partition coefficient (Wildman–Crippen LogP) is 1.27. The fourth-order valence-corrected chi connectivity index (χ4v) is 4.50. The Morgan fingerprint density at radius 2 is 1.62 bits per heavy atom. The molecule has 0 aromatic heterocycles. The maximum Gasteiger partial charge on any atom is 0.410 e. The van der Waals surface area contributed by atoms with Crippen LogP contribution in [-0.2, 0) is 19.6 Å². The van der Waals surface area contributed by atoms with E-state index in [9.17, 15) is 18.0 Å². The maximum absolute atomic E-state index is 12.9. The lowest BCUT2D eigenvalue weighted by atomic mass is 10.1. The average Bonchev–Trinajstić information content (AvgIpc) is 3.02. The van der Waals surface area contributed by atoms with Crippen molar-refractivity contribution in [3.05, 3.63) is 0 Å². The number of piperazine rings is 1. The summed E-state index contributed by atoms with van der Waals surface area (Å²) in [5, 5.41) is -0.470. The van der Waals surface area contributed by atoms with Gasteiger partial charge in [-0.05, 0) is 47.5 Å². The molecule has 0 spiro atoms. The molecule has 0 saturated carbocycles. The van der Waals surface area contributed by atoms with Crippen LogP contribution in [0.5, 0.6) is 0 Å². The Morgan fingerprint density at radius 1 is 1.04 bits per heavy atom. The third-order valence-electron chi connectivity index (χ3n) is 4.67. The number of carbonyl (C=O) groups excluding carboxylic acids is 2. The van der Waals surface area contributed by atoms with Crippen LogP contribution >= 0.6 is 0 Å². The van der Waals surface area contributed by atoms with Gasteiger partial charge in [0.05, 0.1) is 5.25 Å². The zero-order valence-corrected chi connectivity index (χ0v) is 17.2. The van der Waals surface area contributed by atoms with E-state index in [0.29, 0.717) is 39.1 Å². The van der Waals surface area contributed by atoms with Crippen LogP contribution in [0.4, 0.5) is 4.79 Å². The molecular weight excluding hydrogens is 358 g/mol. The highest BCUT2D eigenvalue weighted by Crippen LogP contribution is 2.23. The number of hydrogen-bond acceptors (Lipinski definition) is 5. The minimum atomic E-state index is -3.30. The van der Waals surface area contributed by atoms with Gasteiger partial charge in [-0.25, -0.2) is 13.2 Å². The smallest absolute Gasteiger partial charge is 0.410 e. The Balaban J connectivity index is 1.98. The van der Waals surface area contributed by atoms with E-state index in [0.717, 1.165) is 6.42 Å². The van der Waals surface area contributed by atoms with Crippen molar-refractivity contribution in [1.82, 2.24) is 14.1 Å². The predicted molar refractivity (Wildman–Crippen MR) is 98.2 cm³/mol. The first kappa shape index (κ1) is 21.0.